The van der Waals surface area contributed by atoms with E-state index in [1.54, 1.807) is 0 Å². The molecule has 1 fully saturated rings. The van der Waals surface area contributed by atoms with Crippen LogP contribution in [0, 0.1) is 0 Å². The zero-order valence-electron chi connectivity index (χ0n) is 24.5. The number of benzene rings is 3. The zero-order chi connectivity index (χ0) is 28.3. The number of hydrogen-bond donors (Lipinski definition) is 0. The highest BCUT2D eigenvalue weighted by molar-refractivity contribution is 7.22. The van der Waals surface area contributed by atoms with Gasteiger partial charge in [-0.1, -0.05) is 30.3 Å². The molecule has 42 heavy (non-hydrogen) atoms. The molecular weight excluding hydrogens is 566 g/mol. The third kappa shape index (κ3) is 8.97. The van der Waals surface area contributed by atoms with Gasteiger partial charge in [-0.15, -0.1) is 23.7 Å². The number of carbonyl (C=O) groups is 1. The molecule has 7 heteroatoms. The molecule has 1 aliphatic heterocycles. The smallest absolute Gasteiger partial charge is 0.305 e. The molecule has 5 rings (SSSR count). The van der Waals surface area contributed by atoms with E-state index < -0.39 is 0 Å². The summed E-state index contributed by atoms with van der Waals surface area (Å²) in [6.07, 6.45) is 6.69. The van der Waals surface area contributed by atoms with E-state index in [9.17, 15) is 4.79 Å². The van der Waals surface area contributed by atoms with Gasteiger partial charge >= 0.3 is 5.97 Å². The van der Waals surface area contributed by atoms with Crippen molar-refractivity contribution >= 4 is 39.8 Å². The maximum absolute atomic E-state index is 11.4. The van der Waals surface area contributed by atoms with Crippen LogP contribution in [-0.4, -0.2) is 50.3 Å². The van der Waals surface area contributed by atoms with Crippen molar-refractivity contribution in [3.05, 3.63) is 83.9 Å². The molecule has 0 unspecified atom stereocenters. The Hall–Kier alpha value is -3.06. The SMILES string of the molecule is CCOC(=O)CCCCCOc1ccc(Cc2c(-c3ccc(OCCN4CCCC4)cc3)sc3ccccc23)cc1.Cl. The van der Waals surface area contributed by atoms with Crippen LogP contribution in [0.3, 0.4) is 0 Å². The number of rotatable bonds is 15. The molecule has 4 aromatic rings. The number of fused-ring (bicyclic) bond motifs is 1. The first-order chi connectivity index (χ1) is 20.2. The van der Waals surface area contributed by atoms with Crippen LogP contribution in [0.2, 0.25) is 0 Å². The third-order valence-electron chi connectivity index (χ3n) is 7.59. The molecule has 0 amide bonds. The largest absolute Gasteiger partial charge is 0.494 e. The van der Waals surface area contributed by atoms with E-state index in [0.717, 1.165) is 50.3 Å². The standard InChI is InChI=1S/C35H41NO4S.ClH/c1-2-38-34(37)12-4-3-9-24-39-29-17-13-27(14-18-29)26-32-31-10-5-6-11-33(31)41-35(32)28-15-19-30(20-16-28)40-25-23-36-21-7-8-22-36;/h5-6,10-11,13-20H,2-4,7-9,12,21-26H2,1H3;1H. The van der Waals surface area contributed by atoms with Gasteiger partial charge in [-0.3, -0.25) is 9.69 Å². The fourth-order valence-electron chi connectivity index (χ4n) is 5.39. The van der Waals surface area contributed by atoms with Crippen LogP contribution in [-0.2, 0) is 16.0 Å². The summed E-state index contributed by atoms with van der Waals surface area (Å²) in [4.78, 5) is 15.2. The molecule has 0 N–H and O–H groups in total. The Kier molecular flexibility index (Phi) is 12.6. The Bertz CT molecular complexity index is 1380. The summed E-state index contributed by atoms with van der Waals surface area (Å²) in [5.41, 5.74) is 3.86. The second-order valence-electron chi connectivity index (χ2n) is 10.6. The van der Waals surface area contributed by atoms with Crippen molar-refractivity contribution in [1.29, 1.82) is 0 Å². The van der Waals surface area contributed by atoms with Crippen LogP contribution < -0.4 is 9.47 Å². The maximum atomic E-state index is 11.4. The Balaban J connectivity index is 0.00000405. The summed E-state index contributed by atoms with van der Waals surface area (Å²) in [6, 6.07) is 25.8. The highest BCUT2D eigenvalue weighted by Gasteiger charge is 2.15. The Labute approximate surface area is 260 Å². The van der Waals surface area contributed by atoms with E-state index in [1.165, 1.54) is 57.6 Å². The highest BCUT2D eigenvalue weighted by Crippen LogP contribution is 2.40. The normalized spacial score (nSPS) is 13.2. The lowest BCUT2D eigenvalue weighted by Gasteiger charge is -2.15. The van der Waals surface area contributed by atoms with Gasteiger partial charge in [-0.2, -0.15) is 0 Å². The van der Waals surface area contributed by atoms with Gasteiger partial charge in [-0.05, 0) is 123 Å². The minimum Gasteiger partial charge on any atom is -0.494 e. The Morgan fingerprint density at radius 3 is 2.26 bits per heavy atom. The Morgan fingerprint density at radius 2 is 1.52 bits per heavy atom. The average Bonchev–Trinajstić information content (AvgIpc) is 3.65. The van der Waals surface area contributed by atoms with Crippen LogP contribution in [0.25, 0.3) is 20.5 Å². The molecule has 2 heterocycles. The van der Waals surface area contributed by atoms with Gasteiger partial charge < -0.3 is 14.2 Å². The van der Waals surface area contributed by atoms with E-state index in [4.69, 9.17) is 14.2 Å². The first-order valence-corrected chi connectivity index (χ1v) is 15.8. The van der Waals surface area contributed by atoms with E-state index in [2.05, 4.69) is 77.7 Å². The van der Waals surface area contributed by atoms with Crippen molar-refractivity contribution in [3.63, 3.8) is 0 Å². The summed E-state index contributed by atoms with van der Waals surface area (Å²) in [5, 5.41) is 1.32. The molecular formula is C35H42ClNO4S. The molecule has 1 aromatic heterocycles. The summed E-state index contributed by atoms with van der Waals surface area (Å²) < 4.78 is 18.3. The molecule has 1 aliphatic rings. The molecule has 0 radical (unpaired) electrons. The number of unbranched alkanes of at least 4 members (excludes halogenated alkanes) is 2. The van der Waals surface area contributed by atoms with Crippen molar-refractivity contribution < 1.29 is 19.0 Å². The number of nitrogens with zero attached hydrogens (tertiary/aromatic N) is 1. The molecule has 0 atom stereocenters. The van der Waals surface area contributed by atoms with Gasteiger partial charge in [0.15, 0.2) is 0 Å². The molecule has 5 nitrogen and oxygen atoms in total. The van der Waals surface area contributed by atoms with Crippen LogP contribution in [0.4, 0.5) is 0 Å². The van der Waals surface area contributed by atoms with Crippen molar-refractivity contribution in [3.8, 4) is 21.9 Å². The van der Waals surface area contributed by atoms with Gasteiger partial charge in [0.1, 0.15) is 18.1 Å². The molecule has 224 valence electrons. The van der Waals surface area contributed by atoms with Crippen molar-refractivity contribution in [1.82, 2.24) is 4.90 Å². The van der Waals surface area contributed by atoms with Gasteiger partial charge in [0.25, 0.3) is 0 Å². The van der Waals surface area contributed by atoms with Crippen LogP contribution in [0.1, 0.15) is 56.6 Å². The second kappa shape index (κ2) is 16.5. The number of halogens is 1. The average molecular weight is 608 g/mol. The number of esters is 1. The number of carbonyl (C=O) groups excluding carboxylic acids is 1. The number of hydrogen-bond acceptors (Lipinski definition) is 6. The summed E-state index contributed by atoms with van der Waals surface area (Å²) in [7, 11) is 0. The first kappa shape index (κ1) is 31.9. The minimum atomic E-state index is -0.111. The number of likely N-dealkylation sites (tertiary alicyclic amines) is 1. The van der Waals surface area contributed by atoms with Crippen LogP contribution in [0.15, 0.2) is 72.8 Å². The number of ether oxygens (including phenoxy) is 3. The summed E-state index contributed by atoms with van der Waals surface area (Å²) >= 11 is 1.86. The lowest BCUT2D eigenvalue weighted by Crippen LogP contribution is -2.25. The Morgan fingerprint density at radius 1 is 0.833 bits per heavy atom. The fraction of sp³-hybridized carbons (Fsp3) is 0.400. The van der Waals surface area contributed by atoms with Crippen LogP contribution in [0.5, 0.6) is 11.5 Å². The van der Waals surface area contributed by atoms with E-state index >= 15 is 0 Å². The molecule has 0 bridgehead atoms. The van der Waals surface area contributed by atoms with E-state index in [-0.39, 0.29) is 18.4 Å². The zero-order valence-corrected chi connectivity index (χ0v) is 26.2. The highest BCUT2D eigenvalue weighted by atomic mass is 35.5. The summed E-state index contributed by atoms with van der Waals surface area (Å²) in [5.74, 6) is 1.71. The lowest BCUT2D eigenvalue weighted by molar-refractivity contribution is -0.143. The molecule has 3 aromatic carbocycles. The van der Waals surface area contributed by atoms with Crippen molar-refractivity contribution in [2.75, 3.05) is 39.5 Å². The minimum absolute atomic E-state index is 0. The van der Waals surface area contributed by atoms with E-state index in [0.29, 0.717) is 19.6 Å². The number of thiophene rings is 1. The van der Waals surface area contributed by atoms with Crippen molar-refractivity contribution in [2.24, 2.45) is 0 Å². The van der Waals surface area contributed by atoms with Crippen molar-refractivity contribution in [2.45, 2.75) is 51.9 Å². The molecule has 0 aliphatic carbocycles. The van der Waals surface area contributed by atoms with Gasteiger partial charge in [0.05, 0.1) is 13.2 Å². The predicted molar refractivity (Wildman–Crippen MR) is 176 cm³/mol. The van der Waals surface area contributed by atoms with Gasteiger partial charge in [0.2, 0.25) is 0 Å². The summed E-state index contributed by atoms with van der Waals surface area (Å²) in [6.45, 7) is 7.08. The van der Waals surface area contributed by atoms with Gasteiger partial charge in [-0.25, -0.2) is 0 Å². The molecule has 0 saturated carbocycles. The third-order valence-corrected chi connectivity index (χ3v) is 8.86. The second-order valence-corrected chi connectivity index (χ2v) is 11.7. The lowest BCUT2D eigenvalue weighted by atomic mass is 9.99. The quantitative estimate of drug-likeness (QED) is 0.100. The predicted octanol–water partition coefficient (Wildman–Crippen LogP) is 8.56. The molecule has 0 spiro atoms. The van der Waals surface area contributed by atoms with Crippen LogP contribution >= 0.6 is 23.7 Å². The van der Waals surface area contributed by atoms with E-state index in [1.807, 2.05) is 18.3 Å². The first-order valence-electron chi connectivity index (χ1n) is 15.0. The maximum Gasteiger partial charge on any atom is 0.305 e. The molecule has 1 saturated heterocycles. The monoisotopic (exact) mass is 607 g/mol. The van der Waals surface area contributed by atoms with Gasteiger partial charge in [0, 0.05) is 22.5 Å². The fourth-order valence-corrected chi connectivity index (χ4v) is 6.61. The topological polar surface area (TPSA) is 48.0 Å².